The van der Waals surface area contributed by atoms with Crippen LogP contribution in [0.4, 0.5) is 0 Å². The van der Waals surface area contributed by atoms with Gasteiger partial charge >= 0.3 is 0 Å². The first-order valence-corrected chi connectivity index (χ1v) is 6.60. The van der Waals surface area contributed by atoms with E-state index in [2.05, 4.69) is 4.98 Å². The Balaban J connectivity index is 2.34. The first kappa shape index (κ1) is 14.2. The van der Waals surface area contributed by atoms with E-state index in [-0.39, 0.29) is 13.2 Å². The summed E-state index contributed by atoms with van der Waals surface area (Å²) in [5.41, 5.74) is 1.80. The molecule has 2 rings (SSSR count). The van der Waals surface area contributed by atoms with Crippen LogP contribution in [0.25, 0.3) is 10.9 Å². The Bertz CT molecular complexity index is 542. The first-order valence-electron chi connectivity index (χ1n) is 6.22. The number of hydrogen-bond acceptors (Lipinski definition) is 4. The van der Waals surface area contributed by atoms with Gasteiger partial charge in [0.25, 0.3) is 0 Å². The number of aromatic nitrogens is 1. The molecule has 0 atom stereocenters. The third-order valence-corrected chi connectivity index (χ3v) is 3.39. The Morgan fingerprint density at radius 1 is 1.11 bits per heavy atom. The van der Waals surface area contributed by atoms with Gasteiger partial charge < -0.3 is 10.2 Å². The van der Waals surface area contributed by atoms with E-state index in [0.717, 1.165) is 16.5 Å². The average Bonchev–Trinajstić information content (AvgIpc) is 2.42. The lowest BCUT2D eigenvalue weighted by atomic mass is 10.1. The van der Waals surface area contributed by atoms with Crippen molar-refractivity contribution in [1.29, 1.82) is 0 Å². The molecule has 1 aromatic heterocycles. The van der Waals surface area contributed by atoms with Gasteiger partial charge in [-0.2, -0.15) is 0 Å². The minimum absolute atomic E-state index is 0.0514. The van der Waals surface area contributed by atoms with Crippen LogP contribution in [-0.2, 0) is 6.54 Å². The molecule has 0 saturated carbocycles. The monoisotopic (exact) mass is 280 g/mol. The normalized spacial score (nSPS) is 11.4. The quantitative estimate of drug-likeness (QED) is 0.845. The van der Waals surface area contributed by atoms with Crippen molar-refractivity contribution in [3.63, 3.8) is 0 Å². The van der Waals surface area contributed by atoms with Crippen LogP contribution in [0.15, 0.2) is 30.5 Å². The lowest BCUT2D eigenvalue weighted by molar-refractivity contribution is 0.156. The van der Waals surface area contributed by atoms with E-state index in [1.807, 2.05) is 29.2 Å². The number of nitrogens with zero attached hydrogens (tertiary/aromatic N) is 2. The topological polar surface area (TPSA) is 56.6 Å². The maximum absolute atomic E-state index is 9.05. The van der Waals surface area contributed by atoms with E-state index in [1.54, 1.807) is 6.20 Å². The van der Waals surface area contributed by atoms with Crippen LogP contribution in [-0.4, -0.2) is 46.4 Å². The lowest BCUT2D eigenvalue weighted by Gasteiger charge is -2.21. The third-order valence-electron chi connectivity index (χ3n) is 3.04. The summed E-state index contributed by atoms with van der Waals surface area (Å²) < 4.78 is 0. The summed E-state index contributed by atoms with van der Waals surface area (Å²) in [4.78, 5) is 6.33. The average molecular weight is 281 g/mol. The highest BCUT2D eigenvalue weighted by Gasteiger charge is 2.12. The summed E-state index contributed by atoms with van der Waals surface area (Å²) in [5.74, 6) is 0. The second kappa shape index (κ2) is 6.82. The fourth-order valence-electron chi connectivity index (χ4n) is 2.11. The molecule has 0 saturated heterocycles. The van der Waals surface area contributed by atoms with Gasteiger partial charge in [-0.15, -0.1) is 0 Å². The molecular formula is C14H17ClN2O2. The summed E-state index contributed by atoms with van der Waals surface area (Å²) in [6.07, 6.45) is 1.74. The molecule has 0 spiro atoms. The lowest BCUT2D eigenvalue weighted by Crippen LogP contribution is -2.29. The van der Waals surface area contributed by atoms with Crippen LogP contribution >= 0.6 is 11.6 Å². The summed E-state index contributed by atoms with van der Waals surface area (Å²) in [5, 5.41) is 19.8. The first-order chi connectivity index (χ1) is 9.26. The number of benzene rings is 1. The van der Waals surface area contributed by atoms with Crippen LogP contribution in [0.1, 0.15) is 5.56 Å². The van der Waals surface area contributed by atoms with Gasteiger partial charge in [0.05, 0.1) is 18.7 Å². The van der Waals surface area contributed by atoms with E-state index < -0.39 is 0 Å². The zero-order chi connectivity index (χ0) is 13.7. The largest absolute Gasteiger partial charge is 0.395 e. The molecule has 0 fully saturated rings. The van der Waals surface area contributed by atoms with Crippen molar-refractivity contribution in [2.24, 2.45) is 0 Å². The molecule has 0 radical (unpaired) electrons. The Kier molecular flexibility index (Phi) is 5.10. The van der Waals surface area contributed by atoms with Crippen LogP contribution in [0.5, 0.6) is 0 Å². The fraction of sp³-hybridized carbons (Fsp3) is 0.357. The van der Waals surface area contributed by atoms with E-state index in [1.165, 1.54) is 0 Å². The minimum Gasteiger partial charge on any atom is -0.395 e. The number of rotatable bonds is 6. The molecule has 2 N–H and O–H groups in total. The van der Waals surface area contributed by atoms with Gasteiger partial charge in [-0.25, -0.2) is 0 Å². The van der Waals surface area contributed by atoms with Crippen molar-refractivity contribution in [2.45, 2.75) is 6.54 Å². The van der Waals surface area contributed by atoms with Gasteiger partial charge in [-0.1, -0.05) is 23.7 Å². The van der Waals surface area contributed by atoms with E-state index in [9.17, 15) is 0 Å². The van der Waals surface area contributed by atoms with Crippen molar-refractivity contribution in [1.82, 2.24) is 9.88 Å². The zero-order valence-corrected chi connectivity index (χ0v) is 11.3. The maximum Gasteiger partial charge on any atom is 0.0761 e. The predicted octanol–water partition coefficient (Wildman–Crippen LogP) is 1.67. The third kappa shape index (κ3) is 3.42. The van der Waals surface area contributed by atoms with E-state index in [0.29, 0.717) is 24.7 Å². The Hall–Kier alpha value is -1.20. The highest BCUT2D eigenvalue weighted by Crippen LogP contribution is 2.25. The number of aliphatic hydroxyl groups is 2. The Morgan fingerprint density at radius 3 is 2.53 bits per heavy atom. The summed E-state index contributed by atoms with van der Waals surface area (Å²) >= 11 is 6.26. The Morgan fingerprint density at radius 2 is 1.84 bits per heavy atom. The molecule has 1 aromatic carbocycles. The van der Waals surface area contributed by atoms with Crippen molar-refractivity contribution < 1.29 is 10.2 Å². The molecule has 0 bridgehead atoms. The predicted molar refractivity (Wildman–Crippen MR) is 76.2 cm³/mol. The van der Waals surface area contributed by atoms with Crippen LogP contribution in [0.2, 0.25) is 5.02 Å². The molecular weight excluding hydrogens is 264 g/mol. The van der Waals surface area contributed by atoms with Crippen molar-refractivity contribution in [2.75, 3.05) is 26.3 Å². The Labute approximate surface area is 117 Å². The highest BCUT2D eigenvalue weighted by atomic mass is 35.5. The molecule has 102 valence electrons. The van der Waals surface area contributed by atoms with Gasteiger partial charge in [0.15, 0.2) is 0 Å². The number of halogens is 1. The standard InChI is InChI=1S/C14H17ClN2O2/c15-13-4-3-11-2-1-5-16-14(11)12(13)10-17(6-8-18)7-9-19/h1-5,18-19H,6-10H2. The highest BCUT2D eigenvalue weighted by molar-refractivity contribution is 6.32. The number of aliphatic hydroxyl groups excluding tert-OH is 2. The fourth-order valence-corrected chi connectivity index (χ4v) is 2.32. The maximum atomic E-state index is 9.05. The summed E-state index contributed by atoms with van der Waals surface area (Å²) in [7, 11) is 0. The summed E-state index contributed by atoms with van der Waals surface area (Å²) in [6, 6.07) is 7.68. The molecule has 19 heavy (non-hydrogen) atoms. The smallest absolute Gasteiger partial charge is 0.0761 e. The van der Waals surface area contributed by atoms with E-state index in [4.69, 9.17) is 21.8 Å². The van der Waals surface area contributed by atoms with Crippen LogP contribution in [0.3, 0.4) is 0 Å². The second-order valence-corrected chi connectivity index (χ2v) is 4.73. The SMILES string of the molecule is OCCN(CCO)Cc1c(Cl)ccc2cccnc12. The van der Waals surface area contributed by atoms with Crippen molar-refractivity contribution in [3.8, 4) is 0 Å². The molecule has 4 nitrogen and oxygen atoms in total. The van der Waals surface area contributed by atoms with Crippen molar-refractivity contribution in [3.05, 3.63) is 41.0 Å². The molecule has 0 aliphatic carbocycles. The summed E-state index contributed by atoms with van der Waals surface area (Å²) in [6.45, 7) is 1.67. The second-order valence-electron chi connectivity index (χ2n) is 4.32. The van der Waals surface area contributed by atoms with Gasteiger partial charge in [0.1, 0.15) is 0 Å². The van der Waals surface area contributed by atoms with Gasteiger partial charge in [-0.05, 0) is 12.1 Å². The molecule has 0 unspecified atom stereocenters. The molecule has 0 aliphatic rings. The number of hydrogen-bond donors (Lipinski definition) is 2. The minimum atomic E-state index is 0.0514. The molecule has 0 amide bonds. The molecule has 2 aromatic rings. The molecule has 5 heteroatoms. The number of fused-ring (bicyclic) bond motifs is 1. The van der Waals surface area contributed by atoms with Gasteiger partial charge in [-0.3, -0.25) is 9.88 Å². The zero-order valence-electron chi connectivity index (χ0n) is 10.6. The van der Waals surface area contributed by atoms with Crippen LogP contribution in [0, 0.1) is 0 Å². The van der Waals surface area contributed by atoms with E-state index >= 15 is 0 Å². The number of pyridine rings is 1. The van der Waals surface area contributed by atoms with Crippen molar-refractivity contribution >= 4 is 22.5 Å². The van der Waals surface area contributed by atoms with Gasteiger partial charge in [0.2, 0.25) is 0 Å². The molecule has 0 aliphatic heterocycles. The molecule has 1 heterocycles. The van der Waals surface area contributed by atoms with Gasteiger partial charge in [0, 0.05) is 41.8 Å². The van der Waals surface area contributed by atoms with Crippen LogP contribution < -0.4 is 0 Å².